The van der Waals surface area contributed by atoms with Crippen molar-refractivity contribution in [1.82, 2.24) is 0 Å². The van der Waals surface area contributed by atoms with Gasteiger partial charge in [0.25, 0.3) is 0 Å². The second-order valence-corrected chi connectivity index (χ2v) is 13.8. The molecule has 2 rings (SSSR count). The molecule has 0 spiro atoms. The third-order valence-electron chi connectivity index (χ3n) is 6.09. The molecule has 0 aromatic heterocycles. The Hall–Kier alpha value is -1.13. The lowest BCUT2D eigenvalue weighted by Crippen LogP contribution is -2.53. The van der Waals surface area contributed by atoms with Crippen LogP contribution >= 0.6 is 0 Å². The maximum Gasteiger partial charge on any atom is 0.308 e. The van der Waals surface area contributed by atoms with Crippen molar-refractivity contribution < 1.29 is 14.0 Å². The van der Waals surface area contributed by atoms with E-state index in [-0.39, 0.29) is 16.9 Å². The number of esters is 1. The third-order valence-corrected chi connectivity index (χ3v) is 10.5. The number of hydrogen-bond acceptors (Lipinski definition) is 3. The van der Waals surface area contributed by atoms with E-state index in [1.54, 1.807) is 0 Å². The zero-order valence-corrected chi connectivity index (χ0v) is 18.4. The highest BCUT2D eigenvalue weighted by Crippen LogP contribution is 2.49. The van der Waals surface area contributed by atoms with Gasteiger partial charge in [0.1, 0.15) is 0 Å². The number of carbonyl (C=O) groups is 1. The van der Waals surface area contributed by atoms with Gasteiger partial charge in [0.15, 0.2) is 8.32 Å². The maximum absolute atomic E-state index is 12.5. The van der Waals surface area contributed by atoms with Crippen LogP contribution in [0.15, 0.2) is 30.3 Å². The van der Waals surface area contributed by atoms with Crippen LogP contribution in [0.25, 0.3) is 0 Å². The molecule has 0 N–H and O–H groups in total. The molecule has 1 atom stereocenters. The quantitative estimate of drug-likeness (QED) is 0.327. The lowest BCUT2D eigenvalue weighted by Gasteiger charge is -2.49. The molecule has 3 nitrogen and oxygen atoms in total. The zero-order valence-electron chi connectivity index (χ0n) is 17.4. The molecular weight excluding hydrogens is 340 g/mol. The first kappa shape index (κ1) is 21.2. The normalized spacial score (nSPS) is 19.0. The van der Waals surface area contributed by atoms with Gasteiger partial charge in [-0.25, -0.2) is 0 Å². The van der Waals surface area contributed by atoms with E-state index in [1.165, 1.54) is 19.3 Å². The maximum atomic E-state index is 12.5. The monoisotopic (exact) mass is 376 g/mol. The Labute approximate surface area is 160 Å². The predicted molar refractivity (Wildman–Crippen MR) is 109 cm³/mol. The van der Waals surface area contributed by atoms with Crippen molar-refractivity contribution in [3.8, 4) is 0 Å². The molecule has 1 fully saturated rings. The molecule has 1 unspecified atom stereocenters. The van der Waals surface area contributed by atoms with Crippen LogP contribution < -0.4 is 0 Å². The average Bonchev–Trinajstić information content (AvgIpc) is 2.61. The van der Waals surface area contributed by atoms with E-state index in [2.05, 4.69) is 46.0 Å². The number of ether oxygens (including phenoxy) is 1. The summed E-state index contributed by atoms with van der Waals surface area (Å²) < 4.78 is 13.2. The molecule has 1 aliphatic carbocycles. The predicted octanol–water partition coefficient (Wildman–Crippen LogP) is 6.39. The summed E-state index contributed by atoms with van der Waals surface area (Å²) in [5.74, 6) is -0.931. The van der Waals surface area contributed by atoms with Crippen LogP contribution in [-0.4, -0.2) is 14.3 Å². The number of rotatable bonds is 6. The summed E-state index contributed by atoms with van der Waals surface area (Å²) in [4.78, 5) is 12.5. The van der Waals surface area contributed by atoms with Crippen LogP contribution in [0.4, 0.5) is 0 Å². The lowest BCUT2D eigenvalue weighted by molar-refractivity contribution is -0.235. The van der Waals surface area contributed by atoms with Crippen LogP contribution in [0.5, 0.6) is 0 Å². The third kappa shape index (κ3) is 4.58. The summed E-state index contributed by atoms with van der Waals surface area (Å²) in [6, 6.07) is 10.2. The van der Waals surface area contributed by atoms with E-state index in [4.69, 9.17) is 9.16 Å². The molecule has 1 aromatic rings. The molecule has 1 aliphatic rings. The van der Waals surface area contributed by atoms with E-state index in [0.29, 0.717) is 6.42 Å². The lowest BCUT2D eigenvalue weighted by atomic mass is 9.80. The highest BCUT2D eigenvalue weighted by Gasteiger charge is 2.52. The van der Waals surface area contributed by atoms with Gasteiger partial charge in [-0.15, -0.1) is 0 Å². The van der Waals surface area contributed by atoms with Gasteiger partial charge >= 0.3 is 5.97 Å². The summed E-state index contributed by atoms with van der Waals surface area (Å²) in [5.41, 5.74) is 0.985. The van der Waals surface area contributed by atoms with Gasteiger partial charge in [-0.2, -0.15) is 0 Å². The number of benzene rings is 1. The van der Waals surface area contributed by atoms with Crippen LogP contribution in [0.3, 0.4) is 0 Å². The van der Waals surface area contributed by atoms with Gasteiger partial charge in [0.2, 0.25) is 5.79 Å². The van der Waals surface area contributed by atoms with Crippen molar-refractivity contribution in [2.45, 2.75) is 90.1 Å². The highest BCUT2D eigenvalue weighted by atomic mass is 28.4. The minimum absolute atomic E-state index is 0.0420. The Morgan fingerprint density at radius 3 is 2.15 bits per heavy atom. The van der Waals surface area contributed by atoms with Crippen molar-refractivity contribution in [3.05, 3.63) is 35.9 Å². The first-order valence-electron chi connectivity index (χ1n) is 10.1. The van der Waals surface area contributed by atoms with Gasteiger partial charge < -0.3 is 9.16 Å². The minimum Gasteiger partial charge on any atom is -0.429 e. The molecular formula is C22H36O3Si. The van der Waals surface area contributed by atoms with E-state index < -0.39 is 14.1 Å². The van der Waals surface area contributed by atoms with Gasteiger partial charge in [-0.1, -0.05) is 77.3 Å². The summed E-state index contributed by atoms with van der Waals surface area (Å²) in [7, 11) is -2.16. The first-order valence-corrected chi connectivity index (χ1v) is 13.0. The molecule has 0 heterocycles. The van der Waals surface area contributed by atoms with E-state index >= 15 is 0 Å². The van der Waals surface area contributed by atoms with Crippen molar-refractivity contribution in [3.63, 3.8) is 0 Å². The van der Waals surface area contributed by atoms with Gasteiger partial charge in [-0.05, 0) is 31.0 Å². The van der Waals surface area contributed by atoms with Gasteiger partial charge in [0, 0.05) is 17.9 Å². The SMILES string of the molecule is CCC(=O)OC(O[Si](C)(C)C(C)(C)C)(c1ccccc1)C1CCCCC1. The van der Waals surface area contributed by atoms with Crippen LogP contribution in [0, 0.1) is 5.92 Å². The Morgan fingerprint density at radius 1 is 1.08 bits per heavy atom. The number of carbonyl (C=O) groups excluding carboxylic acids is 1. The fourth-order valence-electron chi connectivity index (χ4n) is 3.47. The molecule has 146 valence electrons. The Morgan fingerprint density at radius 2 is 1.65 bits per heavy atom. The van der Waals surface area contributed by atoms with Crippen molar-refractivity contribution in [2.24, 2.45) is 5.92 Å². The molecule has 4 heteroatoms. The molecule has 26 heavy (non-hydrogen) atoms. The van der Waals surface area contributed by atoms with E-state index in [0.717, 1.165) is 18.4 Å². The largest absolute Gasteiger partial charge is 0.429 e. The minimum atomic E-state index is -2.16. The summed E-state index contributed by atoms with van der Waals surface area (Å²) >= 11 is 0. The molecule has 0 aliphatic heterocycles. The molecule has 1 saturated carbocycles. The molecule has 1 aromatic carbocycles. The van der Waals surface area contributed by atoms with Gasteiger partial charge in [-0.3, -0.25) is 4.79 Å². The van der Waals surface area contributed by atoms with Crippen LogP contribution in [-0.2, 0) is 19.7 Å². The first-order chi connectivity index (χ1) is 12.1. The van der Waals surface area contributed by atoms with E-state index in [9.17, 15) is 4.79 Å². The summed E-state index contributed by atoms with van der Waals surface area (Å²) in [5, 5.41) is 0.0420. The Kier molecular flexibility index (Phi) is 6.73. The van der Waals surface area contributed by atoms with E-state index in [1.807, 2.05) is 25.1 Å². The van der Waals surface area contributed by atoms with Crippen LogP contribution in [0.1, 0.15) is 71.8 Å². The average molecular weight is 377 g/mol. The fourth-order valence-corrected chi connectivity index (χ4v) is 4.86. The Balaban J connectivity index is 2.57. The van der Waals surface area contributed by atoms with Gasteiger partial charge in [0.05, 0.1) is 0 Å². The smallest absolute Gasteiger partial charge is 0.308 e. The number of hydrogen-bond donors (Lipinski definition) is 0. The van der Waals surface area contributed by atoms with Crippen molar-refractivity contribution >= 4 is 14.3 Å². The van der Waals surface area contributed by atoms with Crippen molar-refractivity contribution in [1.29, 1.82) is 0 Å². The Bertz CT molecular complexity index is 585. The molecule has 0 saturated heterocycles. The highest BCUT2D eigenvalue weighted by molar-refractivity contribution is 6.74. The second-order valence-electron chi connectivity index (χ2n) is 9.06. The second kappa shape index (κ2) is 8.26. The zero-order chi connectivity index (χ0) is 19.4. The van der Waals surface area contributed by atoms with Crippen molar-refractivity contribution in [2.75, 3.05) is 0 Å². The topological polar surface area (TPSA) is 35.5 Å². The standard InChI is InChI=1S/C22H36O3Si/c1-7-20(23)24-22(18-14-10-8-11-15-18,19-16-12-9-13-17-19)25-26(5,6)21(2,3)4/h8,10-11,14-15,19H,7,9,12-13,16-17H2,1-6H3. The molecule has 0 radical (unpaired) electrons. The fraction of sp³-hybridized carbons (Fsp3) is 0.682. The van der Waals surface area contributed by atoms with Crippen LogP contribution in [0.2, 0.25) is 18.1 Å². The summed E-state index contributed by atoms with van der Waals surface area (Å²) in [6.45, 7) is 13.0. The molecule has 0 amide bonds. The summed E-state index contributed by atoms with van der Waals surface area (Å²) in [6.07, 6.45) is 6.04. The molecule has 0 bridgehead atoms.